The van der Waals surface area contributed by atoms with Gasteiger partial charge in [-0.05, 0) is 48.4 Å². The predicted octanol–water partition coefficient (Wildman–Crippen LogP) is 4.48. The third-order valence-corrected chi connectivity index (χ3v) is 3.63. The first kappa shape index (κ1) is 14.5. The van der Waals surface area contributed by atoms with Crippen molar-refractivity contribution in [2.45, 2.75) is 18.9 Å². The molecule has 0 heterocycles. The van der Waals surface area contributed by atoms with Crippen LogP contribution in [0.5, 0.6) is 5.75 Å². The Hall–Kier alpha value is -1.86. The van der Waals surface area contributed by atoms with Crippen LogP contribution in [0.2, 0.25) is 0 Å². The Balaban J connectivity index is 2.15. The molecule has 2 aromatic rings. The van der Waals surface area contributed by atoms with Gasteiger partial charge in [0.25, 0.3) is 0 Å². The molecule has 0 bridgehead atoms. The molecule has 0 unspecified atom stereocenters. The van der Waals surface area contributed by atoms with Crippen LogP contribution < -0.4 is 4.74 Å². The van der Waals surface area contributed by atoms with Crippen molar-refractivity contribution in [3.8, 4) is 11.8 Å². The maximum atomic E-state index is 13.1. The molecule has 2 aromatic carbocycles. The fraction of sp³-hybridized carbons (Fsp3) is 0.188. The molecule has 0 fully saturated rings. The predicted molar refractivity (Wildman–Crippen MR) is 79.3 cm³/mol. The first-order valence-electron chi connectivity index (χ1n) is 6.11. The van der Waals surface area contributed by atoms with Crippen LogP contribution in [0.25, 0.3) is 0 Å². The molecule has 0 aliphatic rings. The van der Waals surface area contributed by atoms with Gasteiger partial charge in [0.1, 0.15) is 18.2 Å². The van der Waals surface area contributed by atoms with Crippen LogP contribution in [0.3, 0.4) is 0 Å². The van der Waals surface area contributed by atoms with Crippen LogP contribution in [0.1, 0.15) is 22.3 Å². The second-order valence-corrected chi connectivity index (χ2v) is 4.99. The number of benzene rings is 2. The Bertz CT molecular complexity index is 664. The minimum atomic E-state index is -0.277. The second kappa shape index (κ2) is 6.53. The van der Waals surface area contributed by atoms with E-state index in [-0.39, 0.29) is 5.82 Å². The molecule has 20 heavy (non-hydrogen) atoms. The van der Waals surface area contributed by atoms with Crippen LogP contribution in [-0.2, 0) is 11.9 Å². The topological polar surface area (TPSA) is 33.0 Å². The van der Waals surface area contributed by atoms with E-state index >= 15 is 0 Å². The molecule has 0 radical (unpaired) electrons. The number of aryl methyl sites for hydroxylation is 1. The zero-order valence-corrected chi connectivity index (χ0v) is 12.6. The average molecular weight is 334 g/mol. The minimum Gasteiger partial charge on any atom is -0.489 e. The van der Waals surface area contributed by atoms with Gasteiger partial charge in [0, 0.05) is 10.9 Å². The van der Waals surface area contributed by atoms with Gasteiger partial charge >= 0.3 is 0 Å². The summed E-state index contributed by atoms with van der Waals surface area (Å²) in [5.74, 6) is 0.383. The van der Waals surface area contributed by atoms with Gasteiger partial charge in [-0.2, -0.15) is 5.26 Å². The number of rotatable bonds is 4. The summed E-state index contributed by atoms with van der Waals surface area (Å²) in [6.07, 6.45) is 0. The summed E-state index contributed by atoms with van der Waals surface area (Å²) in [6.45, 7) is 2.33. The van der Waals surface area contributed by atoms with Gasteiger partial charge in [0.15, 0.2) is 0 Å². The van der Waals surface area contributed by atoms with Crippen molar-refractivity contribution in [2.75, 3.05) is 0 Å². The number of nitrogens with zero attached hydrogens (tertiary/aromatic N) is 1. The summed E-state index contributed by atoms with van der Waals surface area (Å²) in [7, 11) is 0. The van der Waals surface area contributed by atoms with Crippen molar-refractivity contribution >= 4 is 15.9 Å². The van der Waals surface area contributed by atoms with E-state index in [1.54, 1.807) is 12.1 Å². The zero-order valence-electron chi connectivity index (χ0n) is 11.0. The van der Waals surface area contributed by atoms with Gasteiger partial charge in [0.05, 0.1) is 11.6 Å². The molecule has 0 spiro atoms. The lowest BCUT2D eigenvalue weighted by atomic mass is 10.1. The van der Waals surface area contributed by atoms with E-state index in [9.17, 15) is 4.39 Å². The largest absolute Gasteiger partial charge is 0.489 e. The van der Waals surface area contributed by atoms with E-state index in [0.717, 1.165) is 16.7 Å². The number of ether oxygens (including phenoxy) is 1. The summed E-state index contributed by atoms with van der Waals surface area (Å²) in [4.78, 5) is 0. The van der Waals surface area contributed by atoms with Crippen LogP contribution >= 0.6 is 15.9 Å². The van der Waals surface area contributed by atoms with E-state index in [1.807, 2.05) is 19.1 Å². The zero-order chi connectivity index (χ0) is 14.5. The van der Waals surface area contributed by atoms with Crippen LogP contribution in [-0.4, -0.2) is 0 Å². The third kappa shape index (κ3) is 3.37. The molecule has 102 valence electrons. The highest BCUT2D eigenvalue weighted by Crippen LogP contribution is 2.24. The van der Waals surface area contributed by atoms with Crippen molar-refractivity contribution in [1.29, 1.82) is 5.26 Å². The van der Waals surface area contributed by atoms with Gasteiger partial charge in [-0.15, -0.1) is 0 Å². The molecule has 0 N–H and O–H groups in total. The summed E-state index contributed by atoms with van der Waals surface area (Å²) in [6, 6.07) is 12.0. The Morgan fingerprint density at radius 1 is 1.20 bits per heavy atom. The van der Waals surface area contributed by atoms with Crippen molar-refractivity contribution in [3.05, 3.63) is 64.5 Å². The van der Waals surface area contributed by atoms with E-state index in [1.165, 1.54) is 12.1 Å². The molecule has 0 aliphatic heterocycles. The highest BCUT2D eigenvalue weighted by molar-refractivity contribution is 9.08. The lowest BCUT2D eigenvalue weighted by molar-refractivity contribution is 0.302. The summed E-state index contributed by atoms with van der Waals surface area (Å²) < 4.78 is 18.9. The molecule has 0 saturated carbocycles. The number of hydrogen-bond acceptors (Lipinski definition) is 2. The van der Waals surface area contributed by atoms with Crippen molar-refractivity contribution < 1.29 is 9.13 Å². The van der Waals surface area contributed by atoms with Crippen molar-refractivity contribution in [1.82, 2.24) is 0 Å². The van der Waals surface area contributed by atoms with E-state index in [2.05, 4.69) is 22.0 Å². The molecule has 0 amide bonds. The molecule has 0 atom stereocenters. The average Bonchev–Trinajstić information content (AvgIpc) is 2.46. The molecule has 0 aliphatic carbocycles. The first-order valence-corrected chi connectivity index (χ1v) is 7.23. The quantitative estimate of drug-likeness (QED) is 0.773. The van der Waals surface area contributed by atoms with Crippen molar-refractivity contribution in [3.63, 3.8) is 0 Å². The summed E-state index contributed by atoms with van der Waals surface area (Å²) in [5.41, 5.74) is 3.42. The normalized spacial score (nSPS) is 10.1. The number of hydrogen-bond donors (Lipinski definition) is 0. The van der Waals surface area contributed by atoms with E-state index in [0.29, 0.717) is 23.2 Å². The Morgan fingerprint density at radius 3 is 2.65 bits per heavy atom. The molecule has 2 rings (SSSR count). The van der Waals surface area contributed by atoms with Gasteiger partial charge in [-0.25, -0.2) is 4.39 Å². The number of nitriles is 1. The lowest BCUT2D eigenvalue weighted by Gasteiger charge is -2.12. The number of halogens is 2. The SMILES string of the molecule is Cc1cc(C#N)ccc1COc1ccc(F)cc1CBr. The Morgan fingerprint density at radius 2 is 2.00 bits per heavy atom. The van der Waals surface area contributed by atoms with Gasteiger partial charge < -0.3 is 4.74 Å². The van der Waals surface area contributed by atoms with Gasteiger partial charge in [-0.1, -0.05) is 22.0 Å². The second-order valence-electron chi connectivity index (χ2n) is 4.43. The highest BCUT2D eigenvalue weighted by Gasteiger charge is 2.06. The lowest BCUT2D eigenvalue weighted by Crippen LogP contribution is -2.00. The standard InChI is InChI=1S/C16H13BrFNO/c1-11-6-12(9-19)2-3-13(11)10-20-16-5-4-15(18)7-14(16)8-17/h2-7H,8,10H2,1H3. The maximum Gasteiger partial charge on any atom is 0.124 e. The van der Waals surface area contributed by atoms with E-state index < -0.39 is 0 Å². The first-order chi connectivity index (χ1) is 9.63. The molecule has 2 nitrogen and oxygen atoms in total. The highest BCUT2D eigenvalue weighted by atomic mass is 79.9. The van der Waals surface area contributed by atoms with Gasteiger partial charge in [-0.3, -0.25) is 0 Å². The minimum absolute atomic E-state index is 0.277. The molecule has 0 aromatic heterocycles. The molecular formula is C16H13BrFNO. The Labute approximate surface area is 125 Å². The fourth-order valence-corrected chi connectivity index (χ4v) is 2.31. The fourth-order valence-electron chi connectivity index (χ4n) is 1.88. The third-order valence-electron chi connectivity index (χ3n) is 3.02. The summed E-state index contributed by atoms with van der Waals surface area (Å²) in [5, 5.41) is 9.37. The van der Waals surface area contributed by atoms with E-state index in [4.69, 9.17) is 10.00 Å². The van der Waals surface area contributed by atoms with Crippen LogP contribution in [0, 0.1) is 24.1 Å². The van der Waals surface area contributed by atoms with Crippen molar-refractivity contribution in [2.24, 2.45) is 0 Å². The monoisotopic (exact) mass is 333 g/mol. The molecular weight excluding hydrogens is 321 g/mol. The maximum absolute atomic E-state index is 13.1. The van der Waals surface area contributed by atoms with Crippen LogP contribution in [0.15, 0.2) is 36.4 Å². The van der Waals surface area contributed by atoms with Gasteiger partial charge in [0.2, 0.25) is 0 Å². The summed E-state index contributed by atoms with van der Waals surface area (Å²) >= 11 is 3.32. The Kier molecular flexibility index (Phi) is 4.75. The molecule has 0 saturated heterocycles. The number of alkyl halides is 1. The molecule has 4 heteroatoms. The smallest absolute Gasteiger partial charge is 0.124 e. The van der Waals surface area contributed by atoms with Crippen LogP contribution in [0.4, 0.5) is 4.39 Å².